The Kier molecular flexibility index (Phi) is 4.88. The van der Waals surface area contributed by atoms with Crippen molar-refractivity contribution in [3.8, 4) is 6.07 Å². The Balaban J connectivity index is 2.46. The molecule has 90 valence electrons. The van der Waals surface area contributed by atoms with E-state index < -0.39 is 0 Å². The van der Waals surface area contributed by atoms with E-state index in [4.69, 9.17) is 5.26 Å². The Bertz CT molecular complexity index is 475. The van der Waals surface area contributed by atoms with E-state index in [1.54, 1.807) is 19.3 Å². The summed E-state index contributed by atoms with van der Waals surface area (Å²) in [5.41, 5.74) is -0.361. The Labute approximate surface area is 99.1 Å². The lowest BCUT2D eigenvalue weighted by molar-refractivity contribution is -0.130. The predicted molar refractivity (Wildman–Crippen MR) is 61.0 cm³/mol. The van der Waals surface area contributed by atoms with E-state index in [0.717, 1.165) is 0 Å². The first kappa shape index (κ1) is 12.9. The number of aromatic nitrogens is 2. The maximum Gasteiger partial charge on any atom is 0.347 e. The van der Waals surface area contributed by atoms with Crippen LogP contribution in [0.5, 0.6) is 0 Å². The second-order valence-corrected chi connectivity index (χ2v) is 3.57. The highest BCUT2D eigenvalue weighted by Gasteiger charge is 2.08. The molecule has 0 fully saturated rings. The Hall–Kier alpha value is -2.16. The van der Waals surface area contributed by atoms with Crippen molar-refractivity contribution < 1.29 is 4.79 Å². The molecule has 17 heavy (non-hydrogen) atoms. The van der Waals surface area contributed by atoms with E-state index in [2.05, 4.69) is 4.98 Å². The Morgan fingerprint density at radius 1 is 1.65 bits per heavy atom. The van der Waals surface area contributed by atoms with Gasteiger partial charge in [-0.05, 0) is 6.07 Å². The van der Waals surface area contributed by atoms with Crippen LogP contribution in [0.25, 0.3) is 0 Å². The number of nitriles is 1. The van der Waals surface area contributed by atoms with E-state index in [1.807, 2.05) is 6.07 Å². The minimum atomic E-state index is -0.361. The van der Waals surface area contributed by atoms with Crippen LogP contribution in [0, 0.1) is 11.3 Å². The van der Waals surface area contributed by atoms with Crippen LogP contribution in [-0.4, -0.2) is 34.0 Å². The first-order valence-corrected chi connectivity index (χ1v) is 5.27. The van der Waals surface area contributed by atoms with Crippen molar-refractivity contribution in [2.24, 2.45) is 0 Å². The molecule has 1 heterocycles. The highest BCUT2D eigenvalue weighted by atomic mass is 16.2. The number of amides is 1. The number of hydrogen-bond acceptors (Lipinski definition) is 4. The molecule has 0 radical (unpaired) electrons. The summed E-state index contributed by atoms with van der Waals surface area (Å²) in [6.07, 6.45) is 3.56. The van der Waals surface area contributed by atoms with E-state index in [0.29, 0.717) is 19.5 Å². The number of carbonyl (C=O) groups excluding carboxylic acids is 1. The van der Waals surface area contributed by atoms with Gasteiger partial charge in [-0.1, -0.05) is 0 Å². The predicted octanol–water partition coefficient (Wildman–Crippen LogP) is 0.00548. The molecule has 0 aliphatic heterocycles. The maximum atomic E-state index is 11.6. The van der Waals surface area contributed by atoms with Crippen molar-refractivity contribution in [1.82, 2.24) is 14.5 Å². The van der Waals surface area contributed by atoms with Crippen LogP contribution in [0.15, 0.2) is 23.3 Å². The fourth-order valence-electron chi connectivity index (χ4n) is 1.31. The van der Waals surface area contributed by atoms with Gasteiger partial charge in [0.2, 0.25) is 5.91 Å². The highest BCUT2D eigenvalue weighted by Crippen LogP contribution is 1.95. The van der Waals surface area contributed by atoms with Crippen molar-refractivity contribution in [1.29, 1.82) is 5.26 Å². The summed E-state index contributed by atoms with van der Waals surface area (Å²) >= 11 is 0. The Morgan fingerprint density at radius 3 is 3.06 bits per heavy atom. The summed E-state index contributed by atoms with van der Waals surface area (Å²) in [6, 6.07) is 3.62. The van der Waals surface area contributed by atoms with Crippen LogP contribution in [-0.2, 0) is 11.3 Å². The summed E-state index contributed by atoms with van der Waals surface area (Å²) in [7, 11) is 1.64. The molecule has 0 aliphatic rings. The summed E-state index contributed by atoms with van der Waals surface area (Å²) in [4.78, 5) is 28.0. The Morgan fingerprint density at radius 2 is 2.41 bits per heavy atom. The summed E-state index contributed by atoms with van der Waals surface area (Å²) in [6.45, 7) is 0.722. The number of aryl methyl sites for hydroxylation is 1. The van der Waals surface area contributed by atoms with Crippen molar-refractivity contribution >= 4 is 5.91 Å². The molecule has 0 N–H and O–H groups in total. The topological polar surface area (TPSA) is 79.0 Å². The minimum absolute atomic E-state index is 0.0870. The second kappa shape index (κ2) is 6.43. The molecule has 6 heteroatoms. The third-order valence-corrected chi connectivity index (χ3v) is 2.33. The number of hydrogen-bond donors (Lipinski definition) is 0. The van der Waals surface area contributed by atoms with Gasteiger partial charge in [0.25, 0.3) is 0 Å². The first-order chi connectivity index (χ1) is 8.15. The largest absolute Gasteiger partial charge is 0.347 e. The van der Waals surface area contributed by atoms with Gasteiger partial charge in [-0.2, -0.15) is 5.26 Å². The van der Waals surface area contributed by atoms with Crippen LogP contribution in [0.4, 0.5) is 0 Å². The molecule has 0 atom stereocenters. The zero-order chi connectivity index (χ0) is 12.7. The van der Waals surface area contributed by atoms with Crippen LogP contribution >= 0.6 is 0 Å². The lowest BCUT2D eigenvalue weighted by atomic mass is 10.3. The molecule has 0 aliphatic carbocycles. The molecule has 1 amide bonds. The zero-order valence-electron chi connectivity index (χ0n) is 9.67. The molecule has 0 aromatic carbocycles. The van der Waals surface area contributed by atoms with Crippen molar-refractivity contribution in [3.63, 3.8) is 0 Å². The summed E-state index contributed by atoms with van der Waals surface area (Å²) < 4.78 is 1.38. The normalized spacial score (nSPS) is 9.65. The fraction of sp³-hybridized carbons (Fsp3) is 0.455. The van der Waals surface area contributed by atoms with Crippen molar-refractivity contribution in [3.05, 3.63) is 28.9 Å². The standard InChI is InChI=1S/C11H14N4O2/c1-14(7-2-5-12)10(16)4-9-15-8-3-6-13-11(15)17/h3,6,8H,2,4,7,9H2,1H3. The highest BCUT2D eigenvalue weighted by molar-refractivity contribution is 5.75. The molecule has 1 rings (SSSR count). The van der Waals surface area contributed by atoms with Gasteiger partial charge in [-0.15, -0.1) is 0 Å². The third kappa shape index (κ3) is 4.07. The molecular formula is C11H14N4O2. The van der Waals surface area contributed by atoms with E-state index in [1.165, 1.54) is 15.7 Å². The zero-order valence-corrected chi connectivity index (χ0v) is 9.67. The summed E-state index contributed by atoms with van der Waals surface area (Å²) in [5, 5.41) is 8.40. The lowest BCUT2D eigenvalue weighted by Gasteiger charge is -2.15. The van der Waals surface area contributed by atoms with Crippen LogP contribution < -0.4 is 5.69 Å². The number of nitrogens with zero attached hydrogens (tertiary/aromatic N) is 4. The van der Waals surface area contributed by atoms with Gasteiger partial charge in [0.1, 0.15) is 0 Å². The first-order valence-electron chi connectivity index (χ1n) is 5.27. The SMILES string of the molecule is CN(CCC#N)C(=O)CCn1cccnc1=O. The minimum Gasteiger partial charge on any atom is -0.345 e. The molecular weight excluding hydrogens is 220 g/mol. The quantitative estimate of drug-likeness (QED) is 0.718. The fourth-order valence-corrected chi connectivity index (χ4v) is 1.31. The number of rotatable bonds is 5. The number of carbonyl (C=O) groups is 1. The average Bonchev–Trinajstić information content (AvgIpc) is 2.34. The monoisotopic (exact) mass is 234 g/mol. The maximum absolute atomic E-state index is 11.6. The molecule has 1 aromatic rings. The van der Waals surface area contributed by atoms with Crippen LogP contribution in [0.1, 0.15) is 12.8 Å². The van der Waals surface area contributed by atoms with Crippen LogP contribution in [0.3, 0.4) is 0 Å². The molecule has 0 saturated heterocycles. The molecule has 0 spiro atoms. The van der Waals surface area contributed by atoms with Gasteiger partial charge in [0.15, 0.2) is 0 Å². The summed E-state index contributed by atoms with van der Waals surface area (Å²) in [5.74, 6) is -0.0870. The smallest absolute Gasteiger partial charge is 0.345 e. The average molecular weight is 234 g/mol. The van der Waals surface area contributed by atoms with Gasteiger partial charge in [0, 0.05) is 39.0 Å². The van der Waals surface area contributed by atoms with E-state index in [9.17, 15) is 9.59 Å². The van der Waals surface area contributed by atoms with Crippen molar-refractivity contribution in [2.45, 2.75) is 19.4 Å². The molecule has 0 bridgehead atoms. The van der Waals surface area contributed by atoms with Gasteiger partial charge >= 0.3 is 5.69 Å². The third-order valence-electron chi connectivity index (χ3n) is 2.33. The molecule has 1 aromatic heterocycles. The molecule has 0 unspecified atom stereocenters. The second-order valence-electron chi connectivity index (χ2n) is 3.57. The van der Waals surface area contributed by atoms with Gasteiger partial charge < -0.3 is 4.90 Å². The van der Waals surface area contributed by atoms with Crippen LogP contribution in [0.2, 0.25) is 0 Å². The van der Waals surface area contributed by atoms with Gasteiger partial charge in [-0.3, -0.25) is 9.36 Å². The van der Waals surface area contributed by atoms with E-state index >= 15 is 0 Å². The van der Waals surface area contributed by atoms with Crippen molar-refractivity contribution in [2.75, 3.05) is 13.6 Å². The lowest BCUT2D eigenvalue weighted by Crippen LogP contribution is -2.30. The van der Waals surface area contributed by atoms with Gasteiger partial charge in [0.05, 0.1) is 12.5 Å². The van der Waals surface area contributed by atoms with E-state index in [-0.39, 0.29) is 18.0 Å². The van der Waals surface area contributed by atoms with Gasteiger partial charge in [-0.25, -0.2) is 9.78 Å². The molecule has 6 nitrogen and oxygen atoms in total. The molecule has 0 saturated carbocycles.